The molecule has 0 aromatic rings. The molecule has 4 saturated heterocycles. The van der Waals surface area contributed by atoms with Crippen LogP contribution in [0.25, 0.3) is 0 Å². The highest BCUT2D eigenvalue weighted by Crippen LogP contribution is 2.50. The summed E-state index contributed by atoms with van der Waals surface area (Å²) in [5.41, 5.74) is -1.09. The molecule has 6 aliphatic rings. The first-order valence-corrected chi connectivity index (χ1v) is 15.4. The minimum atomic E-state index is -1.75. The van der Waals surface area contributed by atoms with Crippen LogP contribution in [0.1, 0.15) is 72.6 Å². The third-order valence-corrected chi connectivity index (χ3v) is 10.5. The van der Waals surface area contributed by atoms with Crippen molar-refractivity contribution in [3.63, 3.8) is 0 Å². The Bertz CT molecular complexity index is 1120. The summed E-state index contributed by atoms with van der Waals surface area (Å²) in [4.78, 5) is 13.9. The Morgan fingerprint density at radius 3 is 2.68 bits per heavy atom. The number of hydrogen-bond donors (Lipinski definition) is 3. The van der Waals surface area contributed by atoms with E-state index in [-0.39, 0.29) is 37.4 Å². The predicted molar refractivity (Wildman–Crippen MR) is 149 cm³/mol. The van der Waals surface area contributed by atoms with E-state index >= 15 is 0 Å². The van der Waals surface area contributed by atoms with E-state index in [0.29, 0.717) is 42.7 Å². The van der Waals surface area contributed by atoms with Gasteiger partial charge in [0.15, 0.2) is 5.79 Å². The Morgan fingerprint density at radius 1 is 1.12 bits per heavy atom. The molecule has 0 aromatic carbocycles. The Kier molecular flexibility index (Phi) is 7.80. The van der Waals surface area contributed by atoms with Gasteiger partial charge in [0.2, 0.25) is 0 Å². The molecule has 228 valence electrons. The third kappa shape index (κ3) is 5.26. The van der Waals surface area contributed by atoms with Crippen LogP contribution in [0.3, 0.4) is 0 Å². The molecule has 0 aromatic heterocycles. The number of ether oxygens (including phenoxy) is 5. The van der Waals surface area contributed by atoms with Gasteiger partial charge < -0.3 is 39.0 Å². The molecule has 5 heterocycles. The van der Waals surface area contributed by atoms with Crippen molar-refractivity contribution in [3.05, 3.63) is 35.5 Å². The molecule has 0 saturated carbocycles. The number of aliphatic hydroxyl groups excluding tert-OH is 2. The first-order chi connectivity index (χ1) is 19.5. The maximum Gasteiger partial charge on any atom is 0.316 e. The third-order valence-electron chi connectivity index (χ3n) is 10.5. The number of allylic oxidation sites excluding steroid dienone is 2. The molecule has 2 bridgehead atoms. The monoisotopic (exact) mass is 574 g/mol. The van der Waals surface area contributed by atoms with Crippen LogP contribution in [0.2, 0.25) is 0 Å². The minimum Gasteiger partial charge on any atom is -0.462 e. The van der Waals surface area contributed by atoms with Gasteiger partial charge in [0.25, 0.3) is 0 Å². The molecular weight excluding hydrogens is 528 g/mol. The second kappa shape index (κ2) is 10.8. The maximum absolute atomic E-state index is 13.9. The van der Waals surface area contributed by atoms with Gasteiger partial charge in [-0.1, -0.05) is 38.2 Å². The van der Waals surface area contributed by atoms with E-state index in [0.717, 1.165) is 19.3 Å². The van der Waals surface area contributed by atoms with Crippen LogP contribution in [0.15, 0.2) is 35.5 Å². The van der Waals surface area contributed by atoms with E-state index in [1.165, 1.54) is 0 Å². The second-order valence-electron chi connectivity index (χ2n) is 13.5. The molecule has 9 nitrogen and oxygen atoms in total. The van der Waals surface area contributed by atoms with Crippen molar-refractivity contribution < 1.29 is 43.8 Å². The highest BCUT2D eigenvalue weighted by atomic mass is 16.7. The lowest BCUT2D eigenvalue weighted by atomic mass is 9.71. The number of rotatable bonds is 2. The maximum atomic E-state index is 13.9. The van der Waals surface area contributed by atoms with Crippen molar-refractivity contribution >= 4 is 5.97 Å². The van der Waals surface area contributed by atoms with Gasteiger partial charge in [0.05, 0.1) is 30.5 Å². The molecule has 41 heavy (non-hydrogen) atoms. The van der Waals surface area contributed by atoms with Gasteiger partial charge in [-0.05, 0) is 50.2 Å². The molecule has 3 N–H and O–H groups in total. The zero-order valence-electron chi connectivity index (χ0n) is 24.7. The number of carbonyl (C=O) groups excluding carboxylic acids is 1. The normalized spacial score (nSPS) is 52.0. The smallest absolute Gasteiger partial charge is 0.316 e. The lowest BCUT2D eigenvalue weighted by molar-refractivity contribution is -0.336. The number of fused-ring (bicyclic) bond motifs is 3. The minimum absolute atomic E-state index is 0.0308. The highest BCUT2D eigenvalue weighted by Gasteiger charge is 2.60. The molecule has 5 aliphatic heterocycles. The lowest BCUT2D eigenvalue weighted by Gasteiger charge is -2.50. The van der Waals surface area contributed by atoms with Crippen molar-refractivity contribution in [2.24, 2.45) is 17.8 Å². The molecule has 6 rings (SSSR count). The standard InChI is InChI=1S/C32H46O9/c1-5-25-18(2)9-10-31(40-25)15-23-12-22(39-31)13-26-30(4,41-26)14-20(16-33)7-6-8-21-17-37-28-27(34)19(3)11-24(29(35)38-23)32(21,28)36/h6-8,11,18,20,22-28,33-34,36H,5,9-10,12-17H2,1-4H3/b7-6+,21-8+/t18-,20-,22-,23-,24-,25?,26-,27+,28+,30-,31+,32+/m0/s1. The van der Waals surface area contributed by atoms with Crippen molar-refractivity contribution in [1.29, 1.82) is 0 Å². The summed E-state index contributed by atoms with van der Waals surface area (Å²) >= 11 is 0. The number of hydrogen-bond acceptors (Lipinski definition) is 9. The first kappa shape index (κ1) is 29.5. The van der Waals surface area contributed by atoms with Crippen molar-refractivity contribution in [3.8, 4) is 0 Å². The van der Waals surface area contributed by atoms with Crippen LogP contribution < -0.4 is 0 Å². The summed E-state index contributed by atoms with van der Waals surface area (Å²) in [6, 6.07) is 0. The number of carbonyl (C=O) groups is 1. The molecule has 4 fully saturated rings. The summed E-state index contributed by atoms with van der Waals surface area (Å²) in [5, 5.41) is 33.1. The lowest BCUT2D eigenvalue weighted by Crippen LogP contribution is -2.58. The molecule has 12 atom stereocenters. The fourth-order valence-corrected chi connectivity index (χ4v) is 7.92. The van der Waals surface area contributed by atoms with Crippen molar-refractivity contribution in [1.82, 2.24) is 0 Å². The van der Waals surface area contributed by atoms with Crippen LogP contribution in [-0.2, 0) is 28.5 Å². The van der Waals surface area contributed by atoms with Gasteiger partial charge >= 0.3 is 5.97 Å². The average Bonchev–Trinajstić information content (AvgIpc) is 3.42. The van der Waals surface area contributed by atoms with Crippen LogP contribution in [-0.4, -0.2) is 88.1 Å². The molecular formula is C32H46O9. The van der Waals surface area contributed by atoms with E-state index in [1.54, 1.807) is 25.2 Å². The van der Waals surface area contributed by atoms with Gasteiger partial charge in [-0.3, -0.25) is 4.79 Å². The summed E-state index contributed by atoms with van der Waals surface area (Å²) < 4.78 is 31.7. The van der Waals surface area contributed by atoms with E-state index < -0.39 is 47.2 Å². The van der Waals surface area contributed by atoms with Gasteiger partial charge in [-0.2, -0.15) is 0 Å². The van der Waals surface area contributed by atoms with Crippen LogP contribution in [0, 0.1) is 17.8 Å². The number of aliphatic hydroxyl groups is 3. The Hall–Kier alpha value is -1.59. The fourth-order valence-electron chi connectivity index (χ4n) is 7.92. The largest absolute Gasteiger partial charge is 0.462 e. The summed E-state index contributed by atoms with van der Waals surface area (Å²) in [6.45, 7) is 8.17. The molecule has 1 unspecified atom stereocenters. The van der Waals surface area contributed by atoms with Gasteiger partial charge in [0.1, 0.15) is 29.8 Å². The van der Waals surface area contributed by atoms with Gasteiger partial charge in [0, 0.05) is 38.2 Å². The predicted octanol–water partition coefficient (Wildman–Crippen LogP) is 3.11. The number of esters is 1. The van der Waals surface area contributed by atoms with Gasteiger partial charge in [-0.15, -0.1) is 0 Å². The quantitative estimate of drug-likeness (QED) is 0.259. The van der Waals surface area contributed by atoms with E-state index in [4.69, 9.17) is 23.7 Å². The van der Waals surface area contributed by atoms with Crippen molar-refractivity contribution in [2.45, 2.75) is 126 Å². The zero-order chi connectivity index (χ0) is 29.2. The molecule has 0 amide bonds. The van der Waals surface area contributed by atoms with Crippen LogP contribution in [0.4, 0.5) is 0 Å². The van der Waals surface area contributed by atoms with Crippen molar-refractivity contribution in [2.75, 3.05) is 13.2 Å². The van der Waals surface area contributed by atoms with Crippen LogP contribution in [0.5, 0.6) is 0 Å². The molecule has 1 aliphatic carbocycles. The Labute approximate surface area is 242 Å². The van der Waals surface area contributed by atoms with E-state index in [2.05, 4.69) is 20.8 Å². The highest BCUT2D eigenvalue weighted by molar-refractivity contribution is 5.78. The van der Waals surface area contributed by atoms with E-state index in [1.807, 2.05) is 6.08 Å². The SMILES string of the molecule is CCC1O[C@]2(CC[C@@H]1C)C[C@@H]1C[C@@H](C[C@@H]3O[C@@]3(C)C[C@@H](CO)/C=C/C=C3\CO[C@@H]4[C@H](O)C(C)=C[C@@H](C(=O)O1)[C@]34O)O2. The van der Waals surface area contributed by atoms with Gasteiger partial charge in [-0.25, -0.2) is 0 Å². The fraction of sp³-hybridized carbons (Fsp3) is 0.781. The molecule has 0 radical (unpaired) electrons. The molecule has 9 heteroatoms. The number of epoxide rings is 1. The first-order valence-electron chi connectivity index (χ1n) is 15.4. The zero-order valence-corrected chi connectivity index (χ0v) is 24.7. The average molecular weight is 575 g/mol. The summed E-state index contributed by atoms with van der Waals surface area (Å²) in [5.74, 6) is -2.16. The Morgan fingerprint density at radius 2 is 1.93 bits per heavy atom. The van der Waals surface area contributed by atoms with Crippen LogP contribution >= 0.6 is 0 Å². The van der Waals surface area contributed by atoms with E-state index in [9.17, 15) is 20.1 Å². The summed E-state index contributed by atoms with van der Waals surface area (Å²) in [7, 11) is 0. The topological polar surface area (TPSA) is 127 Å². The Balaban J connectivity index is 1.36. The molecule has 1 spiro atoms. The summed E-state index contributed by atoms with van der Waals surface area (Å²) in [6.07, 6.45) is 9.12. The second-order valence-corrected chi connectivity index (χ2v) is 13.5.